The van der Waals surface area contributed by atoms with E-state index in [1.54, 1.807) is 37.3 Å². The smallest absolute Gasteiger partial charge is 0.335 e. The van der Waals surface area contributed by atoms with Crippen LogP contribution >= 0.6 is 0 Å². The summed E-state index contributed by atoms with van der Waals surface area (Å²) in [5.74, 6) is 1.30. The average molecular weight is 496 g/mol. The maximum atomic E-state index is 13.6. The number of hydrogen-bond donors (Lipinski definition) is 2. The minimum Gasteiger partial charge on any atom is -0.457 e. The summed E-state index contributed by atoms with van der Waals surface area (Å²) in [5, 5.41) is 12.2. The third kappa shape index (κ3) is 5.06. The summed E-state index contributed by atoms with van der Waals surface area (Å²) in [6.45, 7) is 1.89. The van der Waals surface area contributed by atoms with Gasteiger partial charge in [-0.05, 0) is 62.1 Å². The molecule has 1 saturated carbocycles. The van der Waals surface area contributed by atoms with Crippen molar-refractivity contribution in [2.24, 2.45) is 5.92 Å². The molecule has 4 aromatic rings. The van der Waals surface area contributed by atoms with Gasteiger partial charge in [0.2, 0.25) is 0 Å². The molecule has 0 bridgehead atoms. The van der Waals surface area contributed by atoms with Crippen LogP contribution in [-0.2, 0) is 11.3 Å². The predicted molar refractivity (Wildman–Crippen MR) is 138 cm³/mol. The molecule has 1 fully saturated rings. The molecule has 37 heavy (non-hydrogen) atoms. The summed E-state index contributed by atoms with van der Waals surface area (Å²) < 4.78 is 8.74. The van der Waals surface area contributed by atoms with Crippen molar-refractivity contribution in [1.29, 1.82) is 5.26 Å². The Morgan fingerprint density at radius 1 is 1.19 bits per heavy atom. The number of imidazole rings is 1. The number of amides is 1. The van der Waals surface area contributed by atoms with Gasteiger partial charge in [0.15, 0.2) is 11.5 Å². The van der Waals surface area contributed by atoms with Gasteiger partial charge < -0.3 is 15.8 Å². The number of nitrogen functional groups attached to an aromatic ring is 1. The van der Waals surface area contributed by atoms with E-state index in [4.69, 9.17) is 10.5 Å². The number of carbonyl (C=O) groups excluding carboxylic acids is 1. The molecule has 0 unspecified atom stereocenters. The number of carbonyl (C=O) groups is 1. The highest BCUT2D eigenvalue weighted by molar-refractivity contribution is 5.97. The van der Waals surface area contributed by atoms with E-state index in [1.807, 2.05) is 36.4 Å². The molecule has 5 rings (SSSR count). The number of benzene rings is 2. The van der Waals surface area contributed by atoms with Crippen molar-refractivity contribution >= 4 is 22.9 Å². The first-order valence-electron chi connectivity index (χ1n) is 11.9. The second kappa shape index (κ2) is 9.99. The number of nitrogens with zero attached hydrogens (tertiary/aromatic N) is 5. The molecular weight excluding hydrogens is 470 g/mol. The van der Waals surface area contributed by atoms with Gasteiger partial charge in [-0.2, -0.15) is 5.26 Å². The predicted octanol–water partition coefficient (Wildman–Crippen LogP) is 3.32. The Morgan fingerprint density at radius 2 is 1.89 bits per heavy atom. The van der Waals surface area contributed by atoms with Gasteiger partial charge in [0, 0.05) is 12.6 Å². The first-order chi connectivity index (χ1) is 17.9. The highest BCUT2D eigenvalue weighted by Crippen LogP contribution is 2.31. The number of nitrogens with one attached hydrogen (secondary N) is 1. The SMILES string of the molecule is C[C@@H](Cn1c(=O)n(-c2ccc(Oc3ccccc3)cc2)c2c(N)ncnc21)NC(=O)C(C#N)=CC1CC1. The lowest BCUT2D eigenvalue weighted by atomic mass is 10.2. The fourth-order valence-electron chi connectivity index (χ4n) is 4.08. The molecule has 2 aromatic heterocycles. The van der Waals surface area contributed by atoms with Crippen molar-refractivity contribution < 1.29 is 9.53 Å². The van der Waals surface area contributed by atoms with E-state index in [0.717, 1.165) is 12.8 Å². The molecule has 186 valence electrons. The quantitative estimate of drug-likeness (QED) is 0.282. The molecular formula is C27H25N7O3. The normalized spacial score (nSPS) is 14.2. The Kier molecular flexibility index (Phi) is 6.43. The van der Waals surface area contributed by atoms with Gasteiger partial charge in [-0.25, -0.2) is 14.8 Å². The van der Waals surface area contributed by atoms with E-state index in [1.165, 1.54) is 15.5 Å². The Hall–Kier alpha value is -4.91. The Labute approximate surface area is 212 Å². The number of nitriles is 1. The Bertz CT molecular complexity index is 1580. The van der Waals surface area contributed by atoms with Gasteiger partial charge in [-0.15, -0.1) is 0 Å². The van der Waals surface area contributed by atoms with E-state index in [2.05, 4.69) is 15.3 Å². The van der Waals surface area contributed by atoms with Crippen LogP contribution in [0.25, 0.3) is 16.9 Å². The summed E-state index contributed by atoms with van der Waals surface area (Å²) in [6.07, 6.45) is 4.98. The van der Waals surface area contributed by atoms with E-state index >= 15 is 0 Å². The van der Waals surface area contributed by atoms with Crippen molar-refractivity contribution in [3.63, 3.8) is 0 Å². The second-order valence-electron chi connectivity index (χ2n) is 8.97. The largest absolute Gasteiger partial charge is 0.457 e. The topological polar surface area (TPSA) is 141 Å². The van der Waals surface area contributed by atoms with Gasteiger partial charge >= 0.3 is 5.69 Å². The Morgan fingerprint density at radius 3 is 2.57 bits per heavy atom. The van der Waals surface area contributed by atoms with Gasteiger partial charge in [0.1, 0.15) is 35.0 Å². The minimum absolute atomic E-state index is 0.0912. The number of para-hydroxylation sites is 1. The number of nitrogens with two attached hydrogens (primary N) is 1. The Balaban J connectivity index is 1.43. The summed E-state index contributed by atoms with van der Waals surface area (Å²) in [4.78, 5) is 34.5. The highest BCUT2D eigenvalue weighted by atomic mass is 16.5. The molecule has 0 aliphatic heterocycles. The van der Waals surface area contributed by atoms with Gasteiger partial charge in [-0.1, -0.05) is 24.3 Å². The minimum atomic E-state index is -0.460. The van der Waals surface area contributed by atoms with Crippen LogP contribution in [-0.4, -0.2) is 31.1 Å². The zero-order valence-corrected chi connectivity index (χ0v) is 20.2. The number of rotatable bonds is 8. The summed E-state index contributed by atoms with van der Waals surface area (Å²) in [6, 6.07) is 17.9. The molecule has 1 aliphatic rings. The monoisotopic (exact) mass is 495 g/mol. The summed E-state index contributed by atoms with van der Waals surface area (Å²) in [5.41, 5.74) is 7.15. The standard InChI is InChI=1S/C27H25N7O3/c1-17(32-26(35)19(14-28)13-18-7-8-18)15-33-25-23(24(29)30-16-31-25)34(27(33)36)20-9-11-22(12-10-20)37-21-5-3-2-4-6-21/h2-6,9-13,16-18H,7-8,15H2,1H3,(H,32,35)(H2,29,30,31)/t17-/m0/s1. The van der Waals surface area contributed by atoms with Crippen molar-refractivity contribution in [1.82, 2.24) is 24.4 Å². The number of fused-ring (bicyclic) bond motifs is 1. The molecule has 3 N–H and O–H groups in total. The molecule has 1 atom stereocenters. The van der Waals surface area contributed by atoms with Crippen molar-refractivity contribution in [2.75, 3.05) is 5.73 Å². The zero-order valence-electron chi connectivity index (χ0n) is 20.2. The maximum absolute atomic E-state index is 13.6. The van der Waals surface area contributed by atoms with Crippen LogP contribution in [0.1, 0.15) is 19.8 Å². The van der Waals surface area contributed by atoms with Crippen molar-refractivity contribution in [3.8, 4) is 23.3 Å². The second-order valence-corrected chi connectivity index (χ2v) is 8.97. The number of anilines is 1. The van der Waals surface area contributed by atoms with E-state index in [9.17, 15) is 14.9 Å². The lowest BCUT2D eigenvalue weighted by Gasteiger charge is -2.14. The average Bonchev–Trinajstić information content (AvgIpc) is 3.68. The summed E-state index contributed by atoms with van der Waals surface area (Å²) in [7, 11) is 0. The van der Waals surface area contributed by atoms with Crippen LogP contribution < -0.4 is 21.5 Å². The van der Waals surface area contributed by atoms with Crippen molar-refractivity contribution in [2.45, 2.75) is 32.4 Å². The third-order valence-electron chi connectivity index (χ3n) is 6.03. The van der Waals surface area contributed by atoms with Crippen molar-refractivity contribution in [3.05, 3.63) is 83.1 Å². The summed E-state index contributed by atoms with van der Waals surface area (Å²) >= 11 is 0. The van der Waals surface area contributed by atoms with Gasteiger partial charge in [-0.3, -0.25) is 13.9 Å². The van der Waals surface area contributed by atoms with Crippen LogP contribution in [0.5, 0.6) is 11.5 Å². The van der Waals surface area contributed by atoms with E-state index < -0.39 is 11.9 Å². The molecule has 0 saturated heterocycles. The van der Waals surface area contributed by atoms with E-state index in [0.29, 0.717) is 34.3 Å². The number of aromatic nitrogens is 4. The number of hydrogen-bond acceptors (Lipinski definition) is 7. The first kappa shape index (κ1) is 23.8. The lowest BCUT2D eigenvalue weighted by molar-refractivity contribution is -0.117. The van der Waals surface area contributed by atoms with Crippen LogP contribution in [0.3, 0.4) is 0 Å². The van der Waals surface area contributed by atoms with Crippen LogP contribution in [0, 0.1) is 17.2 Å². The molecule has 2 heterocycles. The highest BCUT2D eigenvalue weighted by Gasteiger charge is 2.24. The molecule has 1 aliphatic carbocycles. The molecule has 0 spiro atoms. The van der Waals surface area contributed by atoms with Gasteiger partial charge in [0.05, 0.1) is 5.69 Å². The molecule has 10 nitrogen and oxygen atoms in total. The fraction of sp³-hybridized carbons (Fsp3) is 0.222. The third-order valence-corrected chi connectivity index (χ3v) is 6.03. The molecule has 2 aromatic carbocycles. The van der Waals surface area contributed by atoms with Crippen LogP contribution in [0.4, 0.5) is 5.82 Å². The van der Waals surface area contributed by atoms with Crippen LogP contribution in [0.15, 0.2) is 77.4 Å². The first-order valence-corrected chi connectivity index (χ1v) is 11.9. The lowest BCUT2D eigenvalue weighted by Crippen LogP contribution is -2.39. The van der Waals surface area contributed by atoms with Crippen LogP contribution in [0.2, 0.25) is 0 Å². The number of allylic oxidation sites excluding steroid dienone is 1. The molecule has 0 radical (unpaired) electrons. The van der Waals surface area contributed by atoms with Gasteiger partial charge in [0.25, 0.3) is 5.91 Å². The van der Waals surface area contributed by atoms with E-state index in [-0.39, 0.29) is 23.6 Å². The zero-order chi connectivity index (χ0) is 25.9. The fourth-order valence-corrected chi connectivity index (χ4v) is 4.08. The molecule has 10 heteroatoms. The number of ether oxygens (including phenoxy) is 1. The maximum Gasteiger partial charge on any atom is 0.335 e. The molecule has 1 amide bonds.